The number of pyridine rings is 1. The van der Waals surface area contributed by atoms with E-state index in [0.717, 1.165) is 18.5 Å². The van der Waals surface area contributed by atoms with Gasteiger partial charge in [-0.2, -0.15) is 0 Å². The van der Waals surface area contributed by atoms with Crippen molar-refractivity contribution in [2.75, 3.05) is 24.6 Å². The van der Waals surface area contributed by atoms with Crippen LogP contribution in [0.3, 0.4) is 0 Å². The molecule has 0 aromatic carbocycles. The largest absolute Gasteiger partial charge is 0.338 e. The fraction of sp³-hybridized carbons (Fsp3) is 0.600. The van der Waals surface area contributed by atoms with Crippen LogP contribution in [0.1, 0.15) is 25.5 Å². The number of hydrogen-bond donors (Lipinski definition) is 1. The number of aryl methyl sites for hydroxylation is 1. The van der Waals surface area contributed by atoms with E-state index in [1.165, 1.54) is 0 Å². The molecule has 1 aromatic heterocycles. The van der Waals surface area contributed by atoms with E-state index in [-0.39, 0.29) is 23.6 Å². The summed E-state index contributed by atoms with van der Waals surface area (Å²) in [5.74, 6) is 0.267. The molecule has 2 rings (SSSR count). The summed E-state index contributed by atoms with van der Waals surface area (Å²) in [6.07, 6.45) is 3.92. The van der Waals surface area contributed by atoms with E-state index >= 15 is 0 Å². The molecule has 6 nitrogen and oxygen atoms in total. The molecule has 0 unspecified atom stereocenters. The van der Waals surface area contributed by atoms with Crippen LogP contribution < -0.4 is 5.32 Å². The van der Waals surface area contributed by atoms with Crippen molar-refractivity contribution in [1.82, 2.24) is 15.2 Å². The van der Waals surface area contributed by atoms with Gasteiger partial charge in [-0.05, 0) is 38.3 Å². The summed E-state index contributed by atoms with van der Waals surface area (Å²) < 4.78 is 23.1. The van der Waals surface area contributed by atoms with Gasteiger partial charge in [0.1, 0.15) is 0 Å². The Morgan fingerprint density at radius 3 is 2.86 bits per heavy atom. The maximum Gasteiger partial charge on any atom is 0.317 e. The van der Waals surface area contributed by atoms with E-state index in [1.807, 2.05) is 25.1 Å². The average Bonchev–Trinajstić information content (AvgIpc) is 2.85. The van der Waals surface area contributed by atoms with Gasteiger partial charge in [-0.25, -0.2) is 13.2 Å². The van der Waals surface area contributed by atoms with Crippen LogP contribution in [0.15, 0.2) is 24.4 Å². The fourth-order valence-corrected chi connectivity index (χ4v) is 4.43. The summed E-state index contributed by atoms with van der Waals surface area (Å²) in [6.45, 7) is 2.95. The van der Waals surface area contributed by atoms with Gasteiger partial charge >= 0.3 is 6.03 Å². The lowest BCUT2D eigenvalue weighted by Gasteiger charge is -2.27. The highest BCUT2D eigenvalue weighted by Crippen LogP contribution is 2.17. The van der Waals surface area contributed by atoms with Gasteiger partial charge in [0.05, 0.1) is 11.5 Å². The standard InChI is InChI=1S/C15H23N3O3S/c1-2-18(14-8-11-22(20,21)12-14)15(19)17-10-5-7-13-6-3-4-9-16-13/h3-4,6,9,14H,2,5,7-8,10-12H2,1H3,(H,17,19)/t14-/m1/s1. The first-order valence-corrected chi connectivity index (χ1v) is 9.49. The van der Waals surface area contributed by atoms with Crippen molar-refractivity contribution in [3.63, 3.8) is 0 Å². The SMILES string of the molecule is CCN(C(=O)NCCCc1ccccn1)[C@@H]1CCS(=O)(=O)C1. The maximum atomic E-state index is 12.2. The summed E-state index contributed by atoms with van der Waals surface area (Å²) in [6, 6.07) is 5.42. The number of carbonyl (C=O) groups is 1. The minimum atomic E-state index is -2.98. The Labute approximate surface area is 131 Å². The summed E-state index contributed by atoms with van der Waals surface area (Å²) in [5.41, 5.74) is 1.01. The second-order valence-electron chi connectivity index (χ2n) is 5.50. The molecule has 1 aromatic rings. The van der Waals surface area contributed by atoms with Crippen molar-refractivity contribution in [2.45, 2.75) is 32.2 Å². The number of urea groups is 1. The van der Waals surface area contributed by atoms with Gasteiger partial charge in [0.2, 0.25) is 0 Å². The lowest BCUT2D eigenvalue weighted by atomic mass is 10.2. The van der Waals surface area contributed by atoms with Crippen LogP contribution in [-0.2, 0) is 16.3 Å². The molecule has 1 atom stereocenters. The first kappa shape index (κ1) is 16.7. The third-order valence-electron chi connectivity index (χ3n) is 3.86. The van der Waals surface area contributed by atoms with Gasteiger partial charge in [-0.15, -0.1) is 0 Å². The van der Waals surface area contributed by atoms with Crippen molar-refractivity contribution >= 4 is 15.9 Å². The molecule has 2 heterocycles. The van der Waals surface area contributed by atoms with Gasteiger partial charge in [0.25, 0.3) is 0 Å². The first-order valence-electron chi connectivity index (χ1n) is 7.66. The van der Waals surface area contributed by atoms with E-state index < -0.39 is 9.84 Å². The van der Waals surface area contributed by atoms with E-state index in [2.05, 4.69) is 10.3 Å². The van der Waals surface area contributed by atoms with Crippen LogP contribution in [0.2, 0.25) is 0 Å². The van der Waals surface area contributed by atoms with Crippen molar-refractivity contribution in [2.24, 2.45) is 0 Å². The Hall–Kier alpha value is -1.63. The van der Waals surface area contributed by atoms with Gasteiger partial charge < -0.3 is 10.2 Å². The number of nitrogens with one attached hydrogen (secondary N) is 1. The molecule has 1 aliphatic heterocycles. The van der Waals surface area contributed by atoms with Crippen LogP contribution in [0.25, 0.3) is 0 Å². The molecular formula is C15H23N3O3S. The molecule has 2 amide bonds. The zero-order valence-electron chi connectivity index (χ0n) is 12.9. The smallest absolute Gasteiger partial charge is 0.317 e. The average molecular weight is 325 g/mol. The first-order chi connectivity index (χ1) is 10.5. The summed E-state index contributed by atoms with van der Waals surface area (Å²) in [7, 11) is -2.98. The van der Waals surface area contributed by atoms with Crippen molar-refractivity contribution < 1.29 is 13.2 Å². The van der Waals surface area contributed by atoms with E-state index in [1.54, 1.807) is 11.1 Å². The van der Waals surface area contributed by atoms with E-state index in [4.69, 9.17) is 0 Å². The highest BCUT2D eigenvalue weighted by molar-refractivity contribution is 7.91. The van der Waals surface area contributed by atoms with Gasteiger partial charge in [0, 0.05) is 31.0 Å². The molecule has 1 N–H and O–H groups in total. The van der Waals surface area contributed by atoms with Crippen LogP contribution >= 0.6 is 0 Å². The monoisotopic (exact) mass is 325 g/mol. The van der Waals surface area contributed by atoms with Crippen molar-refractivity contribution in [3.8, 4) is 0 Å². The molecule has 1 fully saturated rings. The summed E-state index contributed by atoms with van der Waals surface area (Å²) >= 11 is 0. The Kier molecular flexibility index (Phi) is 5.76. The minimum absolute atomic E-state index is 0.0855. The molecular weight excluding hydrogens is 302 g/mol. The van der Waals surface area contributed by atoms with Crippen molar-refractivity contribution in [1.29, 1.82) is 0 Å². The molecule has 0 saturated carbocycles. The Morgan fingerprint density at radius 1 is 1.45 bits per heavy atom. The number of carbonyl (C=O) groups excluding carboxylic acids is 1. The molecule has 0 spiro atoms. The third kappa shape index (κ3) is 4.69. The lowest BCUT2D eigenvalue weighted by Crippen LogP contribution is -2.46. The third-order valence-corrected chi connectivity index (χ3v) is 5.61. The Balaban J connectivity index is 1.75. The Morgan fingerprint density at radius 2 is 2.27 bits per heavy atom. The zero-order valence-corrected chi connectivity index (χ0v) is 13.7. The lowest BCUT2D eigenvalue weighted by molar-refractivity contribution is 0.184. The minimum Gasteiger partial charge on any atom is -0.338 e. The fourth-order valence-electron chi connectivity index (χ4n) is 2.70. The number of nitrogens with zero attached hydrogens (tertiary/aromatic N) is 2. The maximum absolute atomic E-state index is 12.2. The molecule has 1 saturated heterocycles. The molecule has 0 aliphatic carbocycles. The van der Waals surface area contributed by atoms with Crippen LogP contribution in [0, 0.1) is 0 Å². The number of rotatable bonds is 6. The highest BCUT2D eigenvalue weighted by atomic mass is 32.2. The number of amides is 2. The van der Waals surface area contributed by atoms with Gasteiger partial charge in [0.15, 0.2) is 9.84 Å². The quantitative estimate of drug-likeness (QED) is 0.798. The predicted octanol–water partition coefficient (Wildman–Crippen LogP) is 1.23. The number of aromatic nitrogens is 1. The Bertz CT molecular complexity index is 589. The van der Waals surface area contributed by atoms with Crippen LogP contribution in [0.5, 0.6) is 0 Å². The predicted molar refractivity (Wildman–Crippen MR) is 85.4 cm³/mol. The molecule has 122 valence electrons. The molecule has 0 radical (unpaired) electrons. The van der Waals surface area contributed by atoms with Gasteiger partial charge in [-0.3, -0.25) is 4.98 Å². The second-order valence-corrected chi connectivity index (χ2v) is 7.73. The number of sulfone groups is 1. The molecule has 7 heteroatoms. The molecule has 0 bridgehead atoms. The summed E-state index contributed by atoms with van der Waals surface area (Å²) in [5, 5.41) is 2.87. The normalized spacial score (nSPS) is 19.8. The summed E-state index contributed by atoms with van der Waals surface area (Å²) in [4.78, 5) is 18.1. The number of hydrogen-bond acceptors (Lipinski definition) is 4. The zero-order chi connectivity index (χ0) is 16.0. The van der Waals surface area contributed by atoms with Gasteiger partial charge in [-0.1, -0.05) is 6.07 Å². The van der Waals surface area contributed by atoms with Crippen LogP contribution in [0.4, 0.5) is 4.79 Å². The van der Waals surface area contributed by atoms with E-state index in [0.29, 0.717) is 19.5 Å². The van der Waals surface area contributed by atoms with Crippen molar-refractivity contribution in [3.05, 3.63) is 30.1 Å². The molecule has 22 heavy (non-hydrogen) atoms. The highest BCUT2D eigenvalue weighted by Gasteiger charge is 2.33. The molecule has 1 aliphatic rings. The van der Waals surface area contributed by atoms with E-state index in [9.17, 15) is 13.2 Å². The topological polar surface area (TPSA) is 79.4 Å². The second kappa shape index (κ2) is 7.58. The van der Waals surface area contributed by atoms with Crippen LogP contribution in [-0.4, -0.2) is 55.0 Å².